The lowest BCUT2D eigenvalue weighted by Crippen LogP contribution is -1.93. The van der Waals surface area contributed by atoms with Gasteiger partial charge in [0.05, 0.1) is 9.99 Å². The molecule has 2 aromatic carbocycles. The second-order valence-electron chi connectivity index (χ2n) is 4.45. The van der Waals surface area contributed by atoms with Crippen LogP contribution in [0.5, 0.6) is 11.6 Å². The van der Waals surface area contributed by atoms with E-state index >= 15 is 0 Å². The molecule has 3 rings (SSSR count). The number of pyridine rings is 1. The second-order valence-corrected chi connectivity index (χ2v) is 5.57. The topological polar surface area (TPSA) is 22.1 Å². The van der Waals surface area contributed by atoms with E-state index < -0.39 is 0 Å². The molecule has 1 aromatic heterocycles. The predicted octanol–water partition coefficient (Wildman–Crippen LogP) is 5.67. The standard InChI is InChI=1S/C16H10BrClFNO/c17-13-8-11(5-6-14(13)19)21-16-7-10(9-18)12-3-1-2-4-15(12)20-16/h1-8H,9H2. The molecule has 0 saturated heterocycles. The Hall–Kier alpha value is -1.65. The number of ether oxygens (including phenoxy) is 1. The van der Waals surface area contributed by atoms with E-state index in [0.717, 1.165) is 16.5 Å². The average molecular weight is 367 g/mol. The first-order valence-corrected chi connectivity index (χ1v) is 7.57. The zero-order valence-corrected chi connectivity index (χ0v) is 13.2. The van der Waals surface area contributed by atoms with E-state index in [4.69, 9.17) is 16.3 Å². The minimum atomic E-state index is -0.338. The first-order chi connectivity index (χ1) is 10.2. The minimum Gasteiger partial charge on any atom is -0.439 e. The van der Waals surface area contributed by atoms with E-state index in [1.165, 1.54) is 6.07 Å². The van der Waals surface area contributed by atoms with Crippen LogP contribution in [0.25, 0.3) is 10.9 Å². The molecule has 21 heavy (non-hydrogen) atoms. The number of aromatic nitrogens is 1. The Bertz CT molecular complexity index is 809. The fraction of sp³-hybridized carbons (Fsp3) is 0.0625. The van der Waals surface area contributed by atoms with Gasteiger partial charge in [-0.3, -0.25) is 0 Å². The number of nitrogens with zero attached hydrogens (tertiary/aromatic N) is 1. The lowest BCUT2D eigenvalue weighted by molar-refractivity contribution is 0.462. The molecule has 0 amide bonds. The lowest BCUT2D eigenvalue weighted by atomic mass is 10.1. The maximum Gasteiger partial charge on any atom is 0.220 e. The number of rotatable bonds is 3. The normalized spacial score (nSPS) is 10.8. The fourth-order valence-corrected chi connectivity index (χ4v) is 2.62. The molecule has 0 aliphatic rings. The zero-order chi connectivity index (χ0) is 14.8. The van der Waals surface area contributed by atoms with E-state index in [2.05, 4.69) is 20.9 Å². The van der Waals surface area contributed by atoms with Gasteiger partial charge in [-0.15, -0.1) is 11.6 Å². The molecule has 3 aromatic rings. The van der Waals surface area contributed by atoms with Gasteiger partial charge >= 0.3 is 0 Å². The van der Waals surface area contributed by atoms with Crippen LogP contribution in [-0.4, -0.2) is 4.98 Å². The van der Waals surface area contributed by atoms with Crippen LogP contribution in [0.2, 0.25) is 0 Å². The lowest BCUT2D eigenvalue weighted by Gasteiger charge is -2.09. The number of halogens is 3. The summed E-state index contributed by atoms with van der Waals surface area (Å²) in [6.45, 7) is 0. The van der Waals surface area contributed by atoms with Crippen LogP contribution < -0.4 is 4.74 Å². The summed E-state index contributed by atoms with van der Waals surface area (Å²) >= 11 is 9.12. The van der Waals surface area contributed by atoms with Crippen molar-refractivity contribution in [2.24, 2.45) is 0 Å². The summed E-state index contributed by atoms with van der Waals surface area (Å²) in [6.07, 6.45) is 0. The van der Waals surface area contributed by atoms with Crippen LogP contribution in [0.3, 0.4) is 0 Å². The van der Waals surface area contributed by atoms with Crippen LogP contribution in [0, 0.1) is 5.82 Å². The quantitative estimate of drug-likeness (QED) is 0.557. The molecule has 0 aliphatic carbocycles. The molecule has 0 spiro atoms. The van der Waals surface area contributed by atoms with E-state index in [1.807, 2.05) is 24.3 Å². The van der Waals surface area contributed by atoms with E-state index in [-0.39, 0.29) is 5.82 Å². The third-order valence-corrected chi connectivity index (χ3v) is 3.93. The fourth-order valence-electron chi connectivity index (χ4n) is 2.04. The van der Waals surface area contributed by atoms with Gasteiger partial charge in [-0.25, -0.2) is 9.37 Å². The molecule has 0 unspecified atom stereocenters. The molecule has 0 aliphatic heterocycles. The molecular weight excluding hydrogens is 357 g/mol. The highest BCUT2D eigenvalue weighted by Crippen LogP contribution is 2.29. The Labute approximate surface area is 134 Å². The second kappa shape index (κ2) is 6.00. The third kappa shape index (κ3) is 3.01. The van der Waals surface area contributed by atoms with Gasteiger partial charge in [0, 0.05) is 17.3 Å². The molecule has 106 valence electrons. The highest BCUT2D eigenvalue weighted by molar-refractivity contribution is 9.10. The largest absolute Gasteiger partial charge is 0.439 e. The average Bonchev–Trinajstić information content (AvgIpc) is 2.50. The van der Waals surface area contributed by atoms with E-state index in [9.17, 15) is 4.39 Å². The maximum atomic E-state index is 13.2. The van der Waals surface area contributed by atoms with Crippen LogP contribution in [0.1, 0.15) is 5.56 Å². The number of hydrogen-bond acceptors (Lipinski definition) is 2. The molecule has 0 bridgehead atoms. The maximum absolute atomic E-state index is 13.2. The molecule has 0 fully saturated rings. The molecular formula is C16H10BrClFNO. The summed E-state index contributed by atoms with van der Waals surface area (Å²) in [4.78, 5) is 4.44. The zero-order valence-electron chi connectivity index (χ0n) is 10.8. The van der Waals surface area contributed by atoms with Gasteiger partial charge < -0.3 is 4.74 Å². The minimum absolute atomic E-state index is 0.338. The summed E-state index contributed by atoms with van der Waals surface area (Å²) in [5, 5.41) is 1.00. The Morgan fingerprint density at radius 2 is 1.95 bits per heavy atom. The Balaban J connectivity index is 2.02. The molecule has 5 heteroatoms. The number of fused-ring (bicyclic) bond motifs is 1. The van der Waals surface area contributed by atoms with Gasteiger partial charge in [0.25, 0.3) is 0 Å². The number of benzene rings is 2. The summed E-state index contributed by atoms with van der Waals surface area (Å²) < 4.78 is 19.3. The highest BCUT2D eigenvalue weighted by Gasteiger charge is 2.08. The molecule has 0 N–H and O–H groups in total. The van der Waals surface area contributed by atoms with Crippen molar-refractivity contribution in [3.8, 4) is 11.6 Å². The van der Waals surface area contributed by atoms with Crippen LogP contribution in [0.15, 0.2) is 53.0 Å². The number of para-hydroxylation sites is 1. The van der Waals surface area contributed by atoms with Crippen molar-refractivity contribution in [3.63, 3.8) is 0 Å². The molecule has 1 heterocycles. The van der Waals surface area contributed by atoms with Gasteiger partial charge in [-0.1, -0.05) is 18.2 Å². The SMILES string of the molecule is Fc1ccc(Oc2cc(CCl)c3ccccc3n2)cc1Br. The van der Waals surface area contributed by atoms with E-state index in [1.54, 1.807) is 18.2 Å². The molecule has 0 saturated carbocycles. The van der Waals surface area contributed by atoms with Crippen molar-refractivity contribution in [2.45, 2.75) is 5.88 Å². The molecule has 0 radical (unpaired) electrons. The predicted molar refractivity (Wildman–Crippen MR) is 85.5 cm³/mol. The van der Waals surface area contributed by atoms with Gasteiger partial charge in [-0.05, 0) is 45.8 Å². The first-order valence-electron chi connectivity index (χ1n) is 6.25. The molecule has 0 atom stereocenters. The summed E-state index contributed by atoms with van der Waals surface area (Å²) in [6, 6.07) is 14.0. The van der Waals surface area contributed by atoms with Crippen molar-refractivity contribution < 1.29 is 9.13 Å². The van der Waals surface area contributed by atoms with Crippen molar-refractivity contribution in [1.82, 2.24) is 4.98 Å². The van der Waals surface area contributed by atoms with Gasteiger partial charge in [0.1, 0.15) is 11.6 Å². The summed E-state index contributed by atoms with van der Waals surface area (Å²) in [7, 11) is 0. The Kier molecular flexibility index (Phi) is 4.08. The van der Waals surface area contributed by atoms with E-state index in [0.29, 0.717) is 22.0 Å². The van der Waals surface area contributed by atoms with Crippen molar-refractivity contribution in [3.05, 3.63) is 64.4 Å². The summed E-state index contributed by atoms with van der Waals surface area (Å²) in [5.74, 6) is 0.969. The van der Waals surface area contributed by atoms with Crippen LogP contribution >= 0.6 is 27.5 Å². The summed E-state index contributed by atoms with van der Waals surface area (Å²) in [5.41, 5.74) is 1.75. The van der Waals surface area contributed by atoms with Gasteiger partial charge in [0.2, 0.25) is 5.88 Å². The van der Waals surface area contributed by atoms with Crippen molar-refractivity contribution in [2.75, 3.05) is 0 Å². The van der Waals surface area contributed by atoms with Crippen molar-refractivity contribution in [1.29, 1.82) is 0 Å². The smallest absolute Gasteiger partial charge is 0.220 e. The first kappa shape index (κ1) is 14.3. The highest BCUT2D eigenvalue weighted by atomic mass is 79.9. The van der Waals surface area contributed by atoms with Crippen molar-refractivity contribution >= 4 is 38.4 Å². The van der Waals surface area contributed by atoms with Gasteiger partial charge in [0.15, 0.2) is 0 Å². The number of alkyl halides is 1. The molecule has 2 nitrogen and oxygen atoms in total. The number of hydrogen-bond donors (Lipinski definition) is 0. The van der Waals surface area contributed by atoms with Crippen LogP contribution in [-0.2, 0) is 5.88 Å². The Morgan fingerprint density at radius 3 is 2.71 bits per heavy atom. The monoisotopic (exact) mass is 365 g/mol. The Morgan fingerprint density at radius 1 is 1.14 bits per heavy atom. The van der Waals surface area contributed by atoms with Gasteiger partial charge in [-0.2, -0.15) is 0 Å². The third-order valence-electron chi connectivity index (χ3n) is 3.04. The van der Waals surface area contributed by atoms with Crippen LogP contribution in [0.4, 0.5) is 4.39 Å².